The first-order valence-electron chi connectivity index (χ1n) is 12.2. The number of nitroso groups, excluding NO2 is 1. The molecule has 2 fully saturated rings. The summed E-state index contributed by atoms with van der Waals surface area (Å²) in [4.78, 5) is 25.6. The van der Waals surface area contributed by atoms with Crippen molar-refractivity contribution in [3.63, 3.8) is 0 Å². The van der Waals surface area contributed by atoms with Gasteiger partial charge in [0.25, 0.3) is 0 Å². The van der Waals surface area contributed by atoms with E-state index in [1.165, 1.54) is 0 Å². The maximum absolute atomic E-state index is 13.3. The van der Waals surface area contributed by atoms with E-state index in [1.807, 2.05) is 6.92 Å². The Hall–Kier alpha value is -2.02. The molecule has 1 aromatic rings. The molecule has 0 bridgehead atoms. The number of carbonyl (C=O) groups excluding carboxylic acids is 1. The van der Waals surface area contributed by atoms with E-state index in [0.717, 1.165) is 10.5 Å². The molecule has 2 aliphatic rings. The summed E-state index contributed by atoms with van der Waals surface area (Å²) >= 11 is 5.69. The highest BCUT2D eigenvalue weighted by Crippen LogP contribution is 2.31. The van der Waals surface area contributed by atoms with Crippen LogP contribution < -0.4 is 0 Å². The Kier molecular flexibility index (Phi) is 11.3. The van der Waals surface area contributed by atoms with Crippen LogP contribution in [-0.2, 0) is 20.8 Å². The minimum atomic E-state index is -1.87. The van der Waals surface area contributed by atoms with E-state index in [2.05, 4.69) is 5.29 Å². The van der Waals surface area contributed by atoms with E-state index in [9.17, 15) is 45.4 Å². The summed E-state index contributed by atoms with van der Waals surface area (Å²) < 4.78 is 16.6. The molecule has 7 N–H and O–H groups in total. The molecule has 0 aliphatic carbocycles. The van der Waals surface area contributed by atoms with Gasteiger partial charge in [0.2, 0.25) is 0 Å². The standard InChI is InChI=1S/C23H34ClN3O12/c1-11-2-4-12(5-3-11)8-26(23(35)27(25-36)7-6-24)21-18(33)17(32)20(14(10-29)37-21)39-22-19(34)16(31)15(30)13(9-28)38-22/h2-5,13-22,28-34H,6-10H2,1H3/t13-,14-,15-,16+,17-,18-,19-,20-,21?,22-/m1/s1. The first-order valence-corrected chi connectivity index (χ1v) is 12.7. The molecule has 1 aromatic carbocycles. The second kappa shape index (κ2) is 14.0. The van der Waals surface area contributed by atoms with Gasteiger partial charge in [-0.3, -0.25) is 4.90 Å². The molecule has 0 spiro atoms. The fraction of sp³-hybridized carbons (Fsp3) is 0.696. The van der Waals surface area contributed by atoms with E-state index in [4.69, 9.17) is 25.8 Å². The molecule has 10 atom stereocenters. The van der Waals surface area contributed by atoms with Crippen molar-refractivity contribution in [1.29, 1.82) is 0 Å². The van der Waals surface area contributed by atoms with Crippen LogP contribution in [0.5, 0.6) is 0 Å². The lowest BCUT2D eigenvalue weighted by molar-refractivity contribution is -0.347. The second-order valence-corrected chi connectivity index (χ2v) is 9.69. The van der Waals surface area contributed by atoms with E-state index in [1.54, 1.807) is 24.3 Å². The fourth-order valence-corrected chi connectivity index (χ4v) is 4.54. The molecule has 39 heavy (non-hydrogen) atoms. The van der Waals surface area contributed by atoms with Crippen LogP contribution >= 0.6 is 11.6 Å². The monoisotopic (exact) mass is 579 g/mol. The summed E-state index contributed by atoms with van der Waals surface area (Å²) in [6, 6.07) is 5.97. The molecule has 2 heterocycles. The highest BCUT2D eigenvalue weighted by molar-refractivity contribution is 6.18. The SMILES string of the molecule is Cc1ccc(CN(C(=O)N(CCCl)N=O)C2O[C@H](CO)[C@@H](O[C@H]3O[C@H](CO)[C@@H](O)[C@H](O)[C@H]3O)[C@H](O)[C@H]2O)cc1. The maximum atomic E-state index is 13.3. The van der Waals surface area contributed by atoms with Crippen LogP contribution in [0.3, 0.4) is 0 Å². The van der Waals surface area contributed by atoms with Gasteiger partial charge in [0.05, 0.1) is 31.6 Å². The fourth-order valence-electron chi connectivity index (χ4n) is 4.38. The van der Waals surface area contributed by atoms with E-state index < -0.39 is 80.6 Å². The van der Waals surface area contributed by atoms with Crippen molar-refractivity contribution >= 4 is 17.6 Å². The smallest absolute Gasteiger partial charge is 0.345 e. The molecule has 3 rings (SSSR count). The van der Waals surface area contributed by atoms with Crippen LogP contribution in [0.2, 0.25) is 0 Å². The van der Waals surface area contributed by atoms with Gasteiger partial charge in [0.1, 0.15) is 48.8 Å². The third-order valence-corrected chi connectivity index (χ3v) is 6.79. The Balaban J connectivity index is 1.87. The van der Waals surface area contributed by atoms with Crippen LogP contribution in [0.4, 0.5) is 4.79 Å². The van der Waals surface area contributed by atoms with Gasteiger partial charge < -0.3 is 50.0 Å². The topological polar surface area (TPSA) is 222 Å². The van der Waals surface area contributed by atoms with E-state index in [0.29, 0.717) is 10.6 Å². The number of benzene rings is 1. The Morgan fingerprint density at radius 1 is 0.949 bits per heavy atom. The molecule has 16 heteroatoms. The summed E-state index contributed by atoms with van der Waals surface area (Å²) in [6.45, 7) is -0.129. The van der Waals surface area contributed by atoms with E-state index >= 15 is 0 Å². The average Bonchev–Trinajstić information content (AvgIpc) is 2.94. The predicted octanol–water partition coefficient (Wildman–Crippen LogP) is -2.24. The van der Waals surface area contributed by atoms with E-state index in [-0.39, 0.29) is 19.0 Å². The Bertz CT molecular complexity index is 941. The van der Waals surface area contributed by atoms with Gasteiger partial charge in [0, 0.05) is 5.88 Å². The number of urea groups is 1. The maximum Gasteiger partial charge on any atom is 0.345 e. The van der Waals surface area contributed by atoms with Gasteiger partial charge in [-0.25, -0.2) is 4.79 Å². The molecule has 0 aromatic heterocycles. The molecule has 2 amide bonds. The summed E-state index contributed by atoms with van der Waals surface area (Å²) in [5.74, 6) is -0.124. The van der Waals surface area contributed by atoms with Crippen molar-refractivity contribution in [3.05, 3.63) is 40.3 Å². The Labute approximate surface area is 228 Å². The molecule has 15 nitrogen and oxygen atoms in total. The minimum Gasteiger partial charge on any atom is -0.394 e. The van der Waals surface area contributed by atoms with Crippen LogP contribution in [0.25, 0.3) is 0 Å². The molecule has 220 valence electrons. The number of aryl methyl sites for hydroxylation is 1. The van der Waals surface area contributed by atoms with Crippen LogP contribution in [0.1, 0.15) is 11.1 Å². The van der Waals surface area contributed by atoms with Crippen molar-refractivity contribution in [1.82, 2.24) is 9.91 Å². The number of halogens is 1. The highest BCUT2D eigenvalue weighted by atomic mass is 35.5. The molecule has 2 aliphatic heterocycles. The number of alkyl halides is 1. The molecule has 0 saturated carbocycles. The van der Waals surface area contributed by atoms with Gasteiger partial charge in [-0.1, -0.05) is 29.8 Å². The molecular weight excluding hydrogens is 546 g/mol. The van der Waals surface area contributed by atoms with Gasteiger partial charge >= 0.3 is 6.03 Å². The zero-order valence-electron chi connectivity index (χ0n) is 21.0. The summed E-state index contributed by atoms with van der Waals surface area (Å²) in [7, 11) is 0. The van der Waals surface area contributed by atoms with Crippen molar-refractivity contribution in [2.45, 2.75) is 74.8 Å². The normalized spacial score (nSPS) is 34.9. The zero-order chi connectivity index (χ0) is 28.9. The van der Waals surface area contributed by atoms with Crippen LogP contribution in [0, 0.1) is 11.8 Å². The van der Waals surface area contributed by atoms with Crippen molar-refractivity contribution in [3.8, 4) is 0 Å². The largest absolute Gasteiger partial charge is 0.394 e. The molecule has 1 unspecified atom stereocenters. The number of aliphatic hydroxyl groups is 7. The lowest BCUT2D eigenvalue weighted by Crippen LogP contribution is -2.67. The second-order valence-electron chi connectivity index (χ2n) is 9.32. The lowest BCUT2D eigenvalue weighted by atomic mass is 9.96. The third kappa shape index (κ3) is 7.01. The lowest BCUT2D eigenvalue weighted by Gasteiger charge is -2.48. The van der Waals surface area contributed by atoms with Crippen LogP contribution in [-0.4, -0.2) is 139 Å². The van der Waals surface area contributed by atoms with Gasteiger partial charge in [-0.05, 0) is 12.5 Å². The average molecular weight is 580 g/mol. The Morgan fingerprint density at radius 2 is 1.59 bits per heavy atom. The third-order valence-electron chi connectivity index (χ3n) is 6.62. The van der Waals surface area contributed by atoms with Gasteiger partial charge in [-0.15, -0.1) is 16.5 Å². The summed E-state index contributed by atoms with van der Waals surface area (Å²) in [5.41, 5.74) is 1.52. The number of hydrogen-bond donors (Lipinski definition) is 7. The van der Waals surface area contributed by atoms with Gasteiger partial charge in [0.15, 0.2) is 12.5 Å². The number of amides is 2. The van der Waals surface area contributed by atoms with Crippen molar-refractivity contribution in [2.24, 2.45) is 5.29 Å². The minimum absolute atomic E-state index is 0.124. The zero-order valence-corrected chi connectivity index (χ0v) is 21.8. The number of hydrogen-bond acceptors (Lipinski definition) is 13. The molecule has 0 radical (unpaired) electrons. The molecular formula is C23H34ClN3O12. The van der Waals surface area contributed by atoms with Crippen LogP contribution in [0.15, 0.2) is 29.6 Å². The first kappa shape index (κ1) is 31.5. The summed E-state index contributed by atoms with van der Waals surface area (Å²) in [5, 5.41) is 74.9. The quantitative estimate of drug-likeness (QED) is 0.0888. The Morgan fingerprint density at radius 3 is 2.15 bits per heavy atom. The van der Waals surface area contributed by atoms with Gasteiger partial charge in [-0.2, -0.15) is 5.01 Å². The van der Waals surface area contributed by atoms with Crippen molar-refractivity contribution in [2.75, 3.05) is 25.6 Å². The highest BCUT2D eigenvalue weighted by Gasteiger charge is 2.52. The first-order chi connectivity index (χ1) is 18.6. The van der Waals surface area contributed by atoms with Crippen molar-refractivity contribution < 1.29 is 54.8 Å². The number of aliphatic hydroxyl groups excluding tert-OH is 7. The number of carbonyl (C=O) groups is 1. The number of nitrogens with zero attached hydrogens (tertiary/aromatic N) is 3. The summed E-state index contributed by atoms with van der Waals surface area (Å²) in [6.07, 6.45) is -16.6. The molecule has 2 saturated heterocycles. The number of ether oxygens (including phenoxy) is 3. The predicted molar refractivity (Wildman–Crippen MR) is 132 cm³/mol. The number of rotatable bonds is 10.